The number of ether oxygens (including phenoxy) is 2. The maximum atomic E-state index is 12.6. The molecule has 0 radical (unpaired) electrons. The van der Waals surface area contributed by atoms with Gasteiger partial charge in [-0.15, -0.1) is 10.2 Å². The lowest BCUT2D eigenvalue weighted by Crippen LogP contribution is -2.31. The number of nitrogens with one attached hydrogen (secondary N) is 2. The van der Waals surface area contributed by atoms with E-state index in [1.807, 2.05) is 78.3 Å². The average molecular weight is 721 g/mol. The van der Waals surface area contributed by atoms with Gasteiger partial charge < -0.3 is 35.5 Å². The van der Waals surface area contributed by atoms with Crippen molar-refractivity contribution < 1.29 is 24.2 Å². The van der Waals surface area contributed by atoms with Crippen LogP contribution in [0.15, 0.2) is 109 Å². The molecule has 0 aliphatic carbocycles. The van der Waals surface area contributed by atoms with Crippen LogP contribution in [0, 0.1) is 0 Å². The van der Waals surface area contributed by atoms with E-state index < -0.39 is 6.29 Å². The van der Waals surface area contributed by atoms with Gasteiger partial charge in [-0.25, -0.2) is 0 Å². The van der Waals surface area contributed by atoms with Gasteiger partial charge in [0.25, 0.3) is 0 Å². The molecular formula is C40H44N6O5S. The van der Waals surface area contributed by atoms with Crippen LogP contribution in [-0.2, 0) is 39.3 Å². The lowest BCUT2D eigenvalue weighted by molar-refractivity contribution is -0.245. The Morgan fingerprint density at radius 2 is 1.63 bits per heavy atom. The Morgan fingerprint density at radius 1 is 0.885 bits per heavy atom. The number of hydrogen-bond donors (Lipinski definition) is 4. The monoisotopic (exact) mass is 720 g/mol. The third-order valence-electron chi connectivity index (χ3n) is 8.91. The predicted molar refractivity (Wildman–Crippen MR) is 202 cm³/mol. The van der Waals surface area contributed by atoms with E-state index in [1.54, 1.807) is 30.2 Å². The molecule has 0 spiro atoms. The van der Waals surface area contributed by atoms with Gasteiger partial charge in [0.15, 0.2) is 11.4 Å². The van der Waals surface area contributed by atoms with Crippen molar-refractivity contribution in [3.05, 3.63) is 126 Å². The van der Waals surface area contributed by atoms with Crippen LogP contribution in [0.3, 0.4) is 0 Å². The quantitative estimate of drug-likeness (QED) is 0.0525. The number of para-hydroxylation sites is 2. The summed E-state index contributed by atoms with van der Waals surface area (Å²) < 4.78 is 14.9. The number of amides is 2. The van der Waals surface area contributed by atoms with Crippen LogP contribution < -0.4 is 16.4 Å². The lowest BCUT2D eigenvalue weighted by atomic mass is 9.99. The second kappa shape index (κ2) is 18.0. The molecule has 0 bridgehead atoms. The fourth-order valence-corrected chi connectivity index (χ4v) is 6.88. The average Bonchev–Trinajstić information content (AvgIpc) is 3.60. The van der Waals surface area contributed by atoms with Crippen LogP contribution in [0.2, 0.25) is 0 Å². The molecule has 2 amide bonds. The van der Waals surface area contributed by atoms with Crippen molar-refractivity contribution in [3.8, 4) is 11.1 Å². The molecule has 52 heavy (non-hydrogen) atoms. The number of thioether (sulfide) groups is 1. The number of hydrogen-bond acceptors (Lipinski definition) is 9. The van der Waals surface area contributed by atoms with Crippen molar-refractivity contribution in [2.24, 2.45) is 7.05 Å². The zero-order valence-corrected chi connectivity index (χ0v) is 29.9. The zero-order valence-electron chi connectivity index (χ0n) is 29.1. The number of nitrogens with zero attached hydrogens (tertiary/aromatic N) is 3. The summed E-state index contributed by atoms with van der Waals surface area (Å²) in [6, 6.07) is 31.3. The molecule has 0 saturated carbocycles. The minimum Gasteiger partial charge on any atom is -0.397 e. The highest BCUT2D eigenvalue weighted by atomic mass is 32.2. The fraction of sp³-hybridized carbons (Fsp3) is 0.300. The first kappa shape index (κ1) is 36.8. The SMILES string of the molecule is Cn1cnnc1SC[C@@H]1C[C@H](c2ccc(CO)cc2)O[C@H](c2ccc(-c3cccc(CNC(=O)CCCCC(=O)Nc4ccccc4N)c3)cc2)O1. The molecule has 1 saturated heterocycles. The van der Waals surface area contributed by atoms with Gasteiger partial charge in [0.2, 0.25) is 11.8 Å². The highest BCUT2D eigenvalue weighted by molar-refractivity contribution is 7.99. The summed E-state index contributed by atoms with van der Waals surface area (Å²) in [5, 5.41) is 24.4. The largest absolute Gasteiger partial charge is 0.397 e. The molecule has 12 heteroatoms. The Hall–Kier alpha value is -5.01. The van der Waals surface area contributed by atoms with Gasteiger partial charge in [-0.2, -0.15) is 0 Å². The van der Waals surface area contributed by atoms with Crippen molar-refractivity contribution in [1.82, 2.24) is 20.1 Å². The number of unbranched alkanes of at least 4 members (excludes halogenated alkanes) is 1. The van der Waals surface area contributed by atoms with Gasteiger partial charge in [0.1, 0.15) is 6.33 Å². The topological polar surface area (TPSA) is 154 Å². The molecule has 270 valence electrons. The number of carbonyl (C=O) groups excluding carboxylic acids is 2. The standard InChI is InChI=1S/C40H44N6O5S/c1-46-26-43-45-40(46)52-25-33-22-36(30-15-13-27(24-47)14-16-30)51-39(50-33)31-19-17-29(18-20-31)32-8-6-7-28(21-32)23-42-37(48)11-4-5-12-38(49)44-35-10-3-2-9-34(35)41/h2-3,6-10,13-21,26,33,36,39,47H,4-5,11-12,22-25,41H2,1H3,(H,42,48)(H,44,49)/t33-,36+,39+/m0/s1. The number of aromatic nitrogens is 3. The molecule has 5 aromatic rings. The minimum atomic E-state index is -0.561. The van der Waals surface area contributed by atoms with E-state index in [0.717, 1.165) is 38.5 Å². The summed E-state index contributed by atoms with van der Waals surface area (Å²) in [7, 11) is 1.92. The Bertz CT molecular complexity index is 1930. The molecular weight excluding hydrogens is 677 g/mol. The fourth-order valence-electron chi connectivity index (χ4n) is 5.97. The Labute approximate surface area is 307 Å². The van der Waals surface area contributed by atoms with Crippen LogP contribution in [0.1, 0.15) is 66.8 Å². The van der Waals surface area contributed by atoms with E-state index in [9.17, 15) is 14.7 Å². The van der Waals surface area contributed by atoms with Crippen LogP contribution in [-0.4, -0.2) is 43.5 Å². The highest BCUT2D eigenvalue weighted by Gasteiger charge is 2.32. The Kier molecular flexibility index (Phi) is 12.7. The van der Waals surface area contributed by atoms with E-state index in [2.05, 4.69) is 39.0 Å². The summed E-state index contributed by atoms with van der Waals surface area (Å²) in [5.41, 5.74) is 12.9. The summed E-state index contributed by atoms with van der Waals surface area (Å²) in [4.78, 5) is 24.8. The first-order valence-electron chi connectivity index (χ1n) is 17.4. The number of aryl methyl sites for hydroxylation is 1. The van der Waals surface area contributed by atoms with Crippen molar-refractivity contribution in [3.63, 3.8) is 0 Å². The third kappa shape index (κ3) is 10.1. The van der Waals surface area contributed by atoms with E-state index in [1.165, 1.54) is 0 Å². The molecule has 0 unspecified atom stereocenters. The van der Waals surface area contributed by atoms with Gasteiger partial charge in [0, 0.05) is 44.2 Å². The van der Waals surface area contributed by atoms with Crippen molar-refractivity contribution in [2.75, 3.05) is 16.8 Å². The van der Waals surface area contributed by atoms with Crippen LogP contribution >= 0.6 is 11.8 Å². The molecule has 1 aromatic heterocycles. The first-order chi connectivity index (χ1) is 25.3. The third-order valence-corrected chi connectivity index (χ3v) is 10.1. The molecule has 3 atom stereocenters. The van der Waals surface area contributed by atoms with Gasteiger partial charge in [-0.05, 0) is 58.9 Å². The zero-order chi connectivity index (χ0) is 36.3. The number of aliphatic hydroxyl groups excluding tert-OH is 1. The first-order valence-corrected chi connectivity index (χ1v) is 18.4. The van der Waals surface area contributed by atoms with Crippen LogP contribution in [0.25, 0.3) is 11.1 Å². The van der Waals surface area contributed by atoms with Gasteiger partial charge in [0.05, 0.1) is 30.2 Å². The maximum absolute atomic E-state index is 12.6. The lowest BCUT2D eigenvalue weighted by Gasteiger charge is -2.36. The van der Waals surface area contributed by atoms with Crippen LogP contribution in [0.4, 0.5) is 11.4 Å². The summed E-state index contributed by atoms with van der Waals surface area (Å²) in [6.45, 7) is 0.407. The number of carbonyl (C=O) groups is 2. The number of nitrogen functional groups attached to an aromatic ring is 1. The van der Waals surface area contributed by atoms with Crippen molar-refractivity contribution in [2.45, 2.75) is 68.9 Å². The van der Waals surface area contributed by atoms with Crippen molar-refractivity contribution >= 4 is 35.0 Å². The summed E-state index contributed by atoms with van der Waals surface area (Å²) in [5.74, 6) is 0.529. The molecule has 1 aliphatic rings. The van der Waals surface area contributed by atoms with Gasteiger partial charge in [-0.1, -0.05) is 90.6 Å². The smallest absolute Gasteiger partial charge is 0.224 e. The minimum absolute atomic E-state index is 0.00599. The molecule has 4 aromatic carbocycles. The molecule has 2 heterocycles. The summed E-state index contributed by atoms with van der Waals surface area (Å²) >= 11 is 1.61. The van der Waals surface area contributed by atoms with E-state index >= 15 is 0 Å². The molecule has 1 aliphatic heterocycles. The highest BCUT2D eigenvalue weighted by Crippen LogP contribution is 2.39. The number of benzene rings is 4. The van der Waals surface area contributed by atoms with Crippen LogP contribution in [0.5, 0.6) is 0 Å². The molecule has 11 nitrogen and oxygen atoms in total. The second-order valence-electron chi connectivity index (χ2n) is 12.8. The Morgan fingerprint density at radius 3 is 2.37 bits per heavy atom. The van der Waals surface area contributed by atoms with E-state index in [0.29, 0.717) is 55.8 Å². The number of rotatable bonds is 15. The number of nitrogens with two attached hydrogens (primary N) is 1. The Balaban J connectivity index is 1.02. The van der Waals surface area contributed by atoms with E-state index in [-0.39, 0.29) is 30.6 Å². The van der Waals surface area contributed by atoms with Gasteiger partial charge >= 0.3 is 0 Å². The van der Waals surface area contributed by atoms with Crippen molar-refractivity contribution in [1.29, 1.82) is 0 Å². The predicted octanol–water partition coefficient (Wildman–Crippen LogP) is 6.71. The molecule has 6 rings (SSSR count). The number of anilines is 2. The normalized spacial score (nSPS) is 17.1. The second-order valence-corrected chi connectivity index (χ2v) is 13.8. The molecule has 5 N–H and O–H groups in total. The summed E-state index contributed by atoms with van der Waals surface area (Å²) in [6.07, 6.45) is 3.43. The maximum Gasteiger partial charge on any atom is 0.224 e. The molecule has 1 fully saturated rings. The van der Waals surface area contributed by atoms with Gasteiger partial charge in [-0.3, -0.25) is 9.59 Å². The number of aliphatic hydroxyl groups is 1. The van der Waals surface area contributed by atoms with E-state index in [4.69, 9.17) is 15.2 Å².